The number of unbranched alkanes of at least 4 members (excludes halogenated alkanes) is 7. The van der Waals surface area contributed by atoms with Crippen molar-refractivity contribution in [1.82, 2.24) is 0 Å². The molecule has 1 heteroatoms. The summed E-state index contributed by atoms with van der Waals surface area (Å²) in [6, 6.07) is 10.8. The highest BCUT2D eigenvalue weighted by atomic mass is 14.2. The van der Waals surface area contributed by atoms with Gasteiger partial charge in [0.05, 0.1) is 12.5 Å². The molecule has 1 aromatic rings. The van der Waals surface area contributed by atoms with Crippen molar-refractivity contribution in [2.24, 2.45) is 0 Å². The van der Waals surface area contributed by atoms with Crippen LogP contribution in [-0.4, -0.2) is 0 Å². The lowest BCUT2D eigenvalue weighted by Gasteiger charge is -2.03. The molecule has 0 radical (unpaired) electrons. The molecular weight excluding hydrogens is 254 g/mol. The summed E-state index contributed by atoms with van der Waals surface area (Å²) in [5.41, 5.74) is 2.61. The van der Waals surface area contributed by atoms with Gasteiger partial charge >= 0.3 is 0 Å². The molecule has 1 aromatic carbocycles. The fraction of sp³-hybridized carbons (Fsp3) is 0.550. The Morgan fingerprint density at radius 2 is 1.52 bits per heavy atom. The summed E-state index contributed by atoms with van der Waals surface area (Å²) in [4.78, 5) is 0. The molecule has 1 rings (SSSR count). The van der Waals surface area contributed by atoms with Crippen LogP contribution < -0.4 is 0 Å². The van der Waals surface area contributed by atoms with Gasteiger partial charge in [-0.3, -0.25) is 0 Å². The lowest BCUT2D eigenvalue weighted by Crippen LogP contribution is -1.87. The summed E-state index contributed by atoms with van der Waals surface area (Å²) < 4.78 is 0. The van der Waals surface area contributed by atoms with Crippen molar-refractivity contribution in [3.8, 4) is 6.07 Å². The molecule has 114 valence electrons. The first-order valence-corrected chi connectivity index (χ1v) is 8.49. The monoisotopic (exact) mass is 283 g/mol. The average Bonchev–Trinajstić information content (AvgIpc) is 2.52. The normalized spacial score (nSPS) is 10.9. The van der Waals surface area contributed by atoms with E-state index in [1.807, 2.05) is 12.2 Å². The Labute approximate surface area is 130 Å². The third-order valence-electron chi connectivity index (χ3n) is 3.82. The molecule has 0 saturated heterocycles. The molecular formula is C20H29N. The second-order valence-electron chi connectivity index (χ2n) is 5.73. The molecule has 0 spiro atoms. The minimum Gasteiger partial charge on any atom is -0.198 e. The van der Waals surface area contributed by atoms with E-state index < -0.39 is 0 Å². The topological polar surface area (TPSA) is 23.8 Å². The first kappa shape index (κ1) is 17.5. The van der Waals surface area contributed by atoms with E-state index in [9.17, 15) is 0 Å². The summed E-state index contributed by atoms with van der Waals surface area (Å²) in [5, 5.41) is 8.49. The Balaban J connectivity index is 2.11. The van der Waals surface area contributed by atoms with E-state index in [4.69, 9.17) is 5.26 Å². The second kappa shape index (κ2) is 12.2. The molecule has 0 bridgehead atoms. The van der Waals surface area contributed by atoms with E-state index in [0.717, 1.165) is 0 Å². The van der Waals surface area contributed by atoms with Crippen LogP contribution in [0.1, 0.15) is 75.8 Å². The maximum absolute atomic E-state index is 8.49. The number of hydrogen-bond donors (Lipinski definition) is 0. The molecule has 1 nitrogen and oxygen atoms in total. The quantitative estimate of drug-likeness (QED) is 0.437. The summed E-state index contributed by atoms with van der Waals surface area (Å²) in [7, 11) is 0. The van der Waals surface area contributed by atoms with Crippen molar-refractivity contribution >= 4 is 6.08 Å². The zero-order valence-electron chi connectivity index (χ0n) is 13.5. The van der Waals surface area contributed by atoms with Crippen molar-refractivity contribution in [3.63, 3.8) is 0 Å². The van der Waals surface area contributed by atoms with Gasteiger partial charge in [-0.05, 0) is 24.0 Å². The fourth-order valence-electron chi connectivity index (χ4n) is 2.51. The van der Waals surface area contributed by atoms with Gasteiger partial charge in [-0.2, -0.15) is 5.26 Å². The van der Waals surface area contributed by atoms with Crippen LogP contribution in [0.15, 0.2) is 30.3 Å². The van der Waals surface area contributed by atoms with E-state index >= 15 is 0 Å². The zero-order chi connectivity index (χ0) is 15.2. The SMILES string of the molecule is CCCCCCCCCCc1ccc(/C=C/CC#N)cc1. The van der Waals surface area contributed by atoms with E-state index in [-0.39, 0.29) is 0 Å². The lowest BCUT2D eigenvalue weighted by molar-refractivity contribution is 0.575. The molecule has 21 heavy (non-hydrogen) atoms. The number of hydrogen-bond acceptors (Lipinski definition) is 1. The summed E-state index contributed by atoms with van der Waals surface area (Å²) in [6.07, 6.45) is 16.6. The van der Waals surface area contributed by atoms with Crippen LogP contribution in [0, 0.1) is 11.3 Å². The van der Waals surface area contributed by atoms with Gasteiger partial charge in [-0.1, -0.05) is 88.3 Å². The van der Waals surface area contributed by atoms with Gasteiger partial charge in [0.1, 0.15) is 0 Å². The Morgan fingerprint density at radius 1 is 0.905 bits per heavy atom. The standard InChI is InChI=1S/C20H29N/c1-2-3-4-5-6-7-8-9-12-19-14-16-20(17-15-19)13-10-11-18-21/h10,13-17H,2-9,11-12H2,1H3/b13-10+. The number of aryl methyl sites for hydroxylation is 1. The third-order valence-corrected chi connectivity index (χ3v) is 3.82. The summed E-state index contributed by atoms with van der Waals surface area (Å²) >= 11 is 0. The molecule has 0 fully saturated rings. The first-order valence-electron chi connectivity index (χ1n) is 8.49. The summed E-state index contributed by atoms with van der Waals surface area (Å²) in [5.74, 6) is 0. The molecule has 0 aliphatic heterocycles. The van der Waals surface area contributed by atoms with Gasteiger partial charge in [-0.25, -0.2) is 0 Å². The van der Waals surface area contributed by atoms with Crippen LogP contribution in [0.3, 0.4) is 0 Å². The lowest BCUT2D eigenvalue weighted by atomic mass is 10.0. The van der Waals surface area contributed by atoms with E-state index in [1.54, 1.807) is 0 Å². The molecule has 0 aromatic heterocycles. The fourth-order valence-corrected chi connectivity index (χ4v) is 2.51. The van der Waals surface area contributed by atoms with Gasteiger partial charge in [0, 0.05) is 0 Å². The zero-order valence-corrected chi connectivity index (χ0v) is 13.5. The number of nitrogens with zero attached hydrogens (tertiary/aromatic N) is 1. The Kier molecular flexibility index (Phi) is 10.2. The van der Waals surface area contributed by atoms with E-state index in [2.05, 4.69) is 37.3 Å². The van der Waals surface area contributed by atoms with Crippen molar-refractivity contribution in [2.45, 2.75) is 71.1 Å². The number of allylic oxidation sites excluding steroid dienone is 1. The van der Waals surface area contributed by atoms with E-state index in [1.165, 1.54) is 68.9 Å². The van der Waals surface area contributed by atoms with Crippen LogP contribution in [0.2, 0.25) is 0 Å². The third kappa shape index (κ3) is 9.08. The molecule has 0 saturated carbocycles. The Bertz CT molecular complexity index is 422. The number of nitriles is 1. The van der Waals surface area contributed by atoms with Crippen LogP contribution in [0.25, 0.3) is 6.08 Å². The Hall–Kier alpha value is -1.55. The van der Waals surface area contributed by atoms with Crippen molar-refractivity contribution in [2.75, 3.05) is 0 Å². The average molecular weight is 283 g/mol. The molecule has 0 aliphatic rings. The van der Waals surface area contributed by atoms with Crippen molar-refractivity contribution < 1.29 is 0 Å². The van der Waals surface area contributed by atoms with Gasteiger partial charge < -0.3 is 0 Å². The van der Waals surface area contributed by atoms with Crippen molar-refractivity contribution in [3.05, 3.63) is 41.5 Å². The minimum absolute atomic E-state index is 0.486. The predicted octanol–water partition coefficient (Wildman–Crippen LogP) is 6.30. The van der Waals surface area contributed by atoms with Crippen LogP contribution in [-0.2, 0) is 6.42 Å². The number of benzene rings is 1. The predicted molar refractivity (Wildman–Crippen MR) is 92.0 cm³/mol. The number of rotatable bonds is 11. The van der Waals surface area contributed by atoms with Crippen LogP contribution >= 0.6 is 0 Å². The molecule has 0 atom stereocenters. The molecule has 0 amide bonds. The maximum Gasteiger partial charge on any atom is 0.0663 e. The molecule has 0 heterocycles. The van der Waals surface area contributed by atoms with Crippen LogP contribution in [0.4, 0.5) is 0 Å². The minimum atomic E-state index is 0.486. The molecule has 0 N–H and O–H groups in total. The van der Waals surface area contributed by atoms with Gasteiger partial charge in [0.25, 0.3) is 0 Å². The Morgan fingerprint density at radius 3 is 2.14 bits per heavy atom. The summed E-state index contributed by atoms with van der Waals surface area (Å²) in [6.45, 7) is 2.27. The smallest absolute Gasteiger partial charge is 0.0663 e. The van der Waals surface area contributed by atoms with E-state index in [0.29, 0.717) is 6.42 Å². The highest BCUT2D eigenvalue weighted by molar-refractivity contribution is 5.49. The van der Waals surface area contributed by atoms with Crippen LogP contribution in [0.5, 0.6) is 0 Å². The highest BCUT2D eigenvalue weighted by Gasteiger charge is 1.95. The van der Waals surface area contributed by atoms with Gasteiger partial charge in [0.2, 0.25) is 0 Å². The molecule has 0 unspecified atom stereocenters. The van der Waals surface area contributed by atoms with Gasteiger partial charge in [-0.15, -0.1) is 0 Å². The first-order chi connectivity index (χ1) is 10.4. The largest absolute Gasteiger partial charge is 0.198 e. The maximum atomic E-state index is 8.49. The molecule has 0 aliphatic carbocycles. The van der Waals surface area contributed by atoms with Gasteiger partial charge in [0.15, 0.2) is 0 Å². The van der Waals surface area contributed by atoms with Crippen molar-refractivity contribution in [1.29, 1.82) is 5.26 Å². The highest BCUT2D eigenvalue weighted by Crippen LogP contribution is 2.12. The second-order valence-corrected chi connectivity index (χ2v) is 5.73.